The van der Waals surface area contributed by atoms with Crippen molar-refractivity contribution in [1.82, 2.24) is 10.2 Å². The summed E-state index contributed by atoms with van der Waals surface area (Å²) >= 11 is 0. The van der Waals surface area contributed by atoms with Crippen LogP contribution < -0.4 is 5.32 Å². The van der Waals surface area contributed by atoms with Gasteiger partial charge in [-0.1, -0.05) is 12.1 Å². The van der Waals surface area contributed by atoms with E-state index in [0.29, 0.717) is 5.56 Å². The minimum atomic E-state index is -0.882. The van der Waals surface area contributed by atoms with E-state index in [1.54, 1.807) is 12.1 Å². The molecule has 1 aliphatic heterocycles. The first-order valence-electron chi connectivity index (χ1n) is 6.50. The van der Waals surface area contributed by atoms with Crippen molar-refractivity contribution >= 4 is 5.97 Å². The summed E-state index contributed by atoms with van der Waals surface area (Å²) in [5.74, 6) is -0.882. The first-order chi connectivity index (χ1) is 9.19. The van der Waals surface area contributed by atoms with E-state index in [9.17, 15) is 4.79 Å². The molecule has 1 atom stereocenters. The van der Waals surface area contributed by atoms with Crippen LogP contribution in [0, 0.1) is 0 Å². The summed E-state index contributed by atoms with van der Waals surface area (Å²) in [4.78, 5) is 13.1. The van der Waals surface area contributed by atoms with E-state index in [-0.39, 0.29) is 6.10 Å². The van der Waals surface area contributed by atoms with Crippen LogP contribution in [0.25, 0.3) is 0 Å². The molecule has 0 spiro atoms. The van der Waals surface area contributed by atoms with E-state index in [2.05, 4.69) is 10.2 Å². The van der Waals surface area contributed by atoms with Crippen LogP contribution in [-0.4, -0.2) is 55.4 Å². The van der Waals surface area contributed by atoms with Gasteiger partial charge in [-0.3, -0.25) is 4.90 Å². The molecule has 1 fully saturated rings. The maximum absolute atomic E-state index is 10.8. The molecule has 0 saturated carbocycles. The summed E-state index contributed by atoms with van der Waals surface area (Å²) in [7, 11) is 1.92. The zero-order valence-corrected chi connectivity index (χ0v) is 11.1. The number of carbonyl (C=O) groups is 1. The molecule has 0 radical (unpaired) electrons. The van der Waals surface area contributed by atoms with Gasteiger partial charge < -0.3 is 15.2 Å². The van der Waals surface area contributed by atoms with E-state index in [1.807, 2.05) is 19.2 Å². The molecule has 2 N–H and O–H groups in total. The summed E-state index contributed by atoms with van der Waals surface area (Å²) < 4.78 is 5.65. The van der Waals surface area contributed by atoms with Crippen molar-refractivity contribution in [2.45, 2.75) is 12.6 Å². The Morgan fingerprint density at radius 3 is 2.84 bits per heavy atom. The Morgan fingerprint density at radius 1 is 1.47 bits per heavy atom. The number of likely N-dealkylation sites (N-methyl/N-ethyl adjacent to an activating group) is 1. The predicted octanol–water partition coefficient (Wildman–Crippen LogP) is 0.805. The maximum Gasteiger partial charge on any atom is 0.335 e. The number of aromatic carboxylic acids is 1. The molecule has 0 aromatic heterocycles. The van der Waals surface area contributed by atoms with Crippen molar-refractivity contribution in [3.63, 3.8) is 0 Å². The van der Waals surface area contributed by atoms with Gasteiger partial charge in [0.1, 0.15) is 0 Å². The fourth-order valence-corrected chi connectivity index (χ4v) is 2.29. The third kappa shape index (κ3) is 4.02. The van der Waals surface area contributed by atoms with Crippen molar-refractivity contribution in [3.8, 4) is 0 Å². The van der Waals surface area contributed by atoms with Crippen LogP contribution in [0.5, 0.6) is 0 Å². The molecule has 0 aliphatic carbocycles. The van der Waals surface area contributed by atoms with Gasteiger partial charge in [0.15, 0.2) is 0 Å². The van der Waals surface area contributed by atoms with Gasteiger partial charge in [0.05, 0.1) is 18.3 Å². The van der Waals surface area contributed by atoms with Crippen LogP contribution in [0.4, 0.5) is 0 Å². The lowest BCUT2D eigenvalue weighted by molar-refractivity contribution is -0.0291. The first kappa shape index (κ1) is 14.0. The van der Waals surface area contributed by atoms with Gasteiger partial charge >= 0.3 is 5.97 Å². The molecule has 1 unspecified atom stereocenters. The monoisotopic (exact) mass is 264 g/mol. The summed E-state index contributed by atoms with van der Waals surface area (Å²) in [6.45, 7) is 4.26. The van der Waals surface area contributed by atoms with Crippen LogP contribution in [0.15, 0.2) is 24.3 Å². The summed E-state index contributed by atoms with van der Waals surface area (Å²) in [5.41, 5.74) is 1.47. The van der Waals surface area contributed by atoms with Crippen molar-refractivity contribution in [3.05, 3.63) is 35.4 Å². The number of nitrogens with zero attached hydrogens (tertiary/aromatic N) is 1. The Balaban J connectivity index is 1.91. The highest BCUT2D eigenvalue weighted by Crippen LogP contribution is 2.11. The molecule has 2 rings (SSSR count). The first-order valence-corrected chi connectivity index (χ1v) is 6.50. The standard InChI is InChI=1S/C14H20N2O3/c1-15-8-13-10-16(6-7-19-13)9-11-2-4-12(5-3-11)14(17)18/h2-5,13,15H,6-10H2,1H3,(H,17,18). The second-order valence-electron chi connectivity index (χ2n) is 4.79. The second kappa shape index (κ2) is 6.65. The quantitative estimate of drug-likeness (QED) is 0.824. The van der Waals surface area contributed by atoms with Gasteiger partial charge in [0.2, 0.25) is 0 Å². The van der Waals surface area contributed by atoms with Gasteiger partial charge in [0, 0.05) is 26.2 Å². The number of benzene rings is 1. The van der Waals surface area contributed by atoms with Gasteiger partial charge in [-0.2, -0.15) is 0 Å². The number of hydrogen-bond donors (Lipinski definition) is 2. The van der Waals surface area contributed by atoms with Crippen LogP contribution in [0.2, 0.25) is 0 Å². The molecule has 1 aromatic carbocycles. The van der Waals surface area contributed by atoms with Gasteiger partial charge in [-0.25, -0.2) is 4.79 Å². The van der Waals surface area contributed by atoms with Gasteiger partial charge in [-0.05, 0) is 24.7 Å². The molecular formula is C14H20N2O3. The number of ether oxygens (including phenoxy) is 1. The SMILES string of the molecule is CNCC1CN(Cc2ccc(C(=O)O)cc2)CCO1. The average Bonchev–Trinajstić information content (AvgIpc) is 2.40. The number of carboxylic acid groups (broad SMARTS) is 1. The Kier molecular flexibility index (Phi) is 4.90. The lowest BCUT2D eigenvalue weighted by Gasteiger charge is -2.32. The topological polar surface area (TPSA) is 61.8 Å². The van der Waals surface area contributed by atoms with Gasteiger partial charge in [0.25, 0.3) is 0 Å². The predicted molar refractivity (Wildman–Crippen MR) is 72.3 cm³/mol. The van der Waals surface area contributed by atoms with Crippen LogP contribution in [0.3, 0.4) is 0 Å². The van der Waals surface area contributed by atoms with E-state index >= 15 is 0 Å². The third-order valence-electron chi connectivity index (χ3n) is 3.26. The van der Waals surface area contributed by atoms with E-state index in [0.717, 1.165) is 38.3 Å². The Bertz CT molecular complexity index is 417. The Hall–Kier alpha value is -1.43. The molecular weight excluding hydrogens is 244 g/mol. The van der Waals surface area contributed by atoms with Crippen molar-refractivity contribution < 1.29 is 14.6 Å². The molecule has 1 aromatic rings. The van der Waals surface area contributed by atoms with Crippen molar-refractivity contribution in [1.29, 1.82) is 0 Å². The fourth-order valence-electron chi connectivity index (χ4n) is 2.29. The average molecular weight is 264 g/mol. The largest absolute Gasteiger partial charge is 0.478 e. The van der Waals surface area contributed by atoms with Crippen LogP contribution >= 0.6 is 0 Å². The van der Waals surface area contributed by atoms with E-state index in [4.69, 9.17) is 9.84 Å². The zero-order valence-electron chi connectivity index (χ0n) is 11.1. The fraction of sp³-hybridized carbons (Fsp3) is 0.500. The highest BCUT2D eigenvalue weighted by molar-refractivity contribution is 5.87. The smallest absolute Gasteiger partial charge is 0.335 e. The minimum absolute atomic E-state index is 0.233. The van der Waals surface area contributed by atoms with Crippen molar-refractivity contribution in [2.75, 3.05) is 33.3 Å². The molecule has 1 aliphatic rings. The molecule has 5 nitrogen and oxygen atoms in total. The molecule has 1 heterocycles. The highest BCUT2D eigenvalue weighted by atomic mass is 16.5. The summed E-state index contributed by atoms with van der Waals surface area (Å²) in [6, 6.07) is 7.07. The number of rotatable bonds is 5. The van der Waals surface area contributed by atoms with E-state index < -0.39 is 5.97 Å². The number of carboxylic acids is 1. The zero-order chi connectivity index (χ0) is 13.7. The minimum Gasteiger partial charge on any atom is -0.478 e. The summed E-state index contributed by atoms with van der Waals surface area (Å²) in [6.07, 6.45) is 0.233. The van der Waals surface area contributed by atoms with E-state index in [1.165, 1.54) is 0 Å². The lowest BCUT2D eigenvalue weighted by Crippen LogP contribution is -2.45. The number of nitrogens with one attached hydrogen (secondary N) is 1. The van der Waals surface area contributed by atoms with Crippen LogP contribution in [-0.2, 0) is 11.3 Å². The molecule has 104 valence electrons. The maximum atomic E-state index is 10.8. The third-order valence-corrected chi connectivity index (χ3v) is 3.26. The lowest BCUT2D eigenvalue weighted by atomic mass is 10.1. The molecule has 5 heteroatoms. The second-order valence-corrected chi connectivity index (χ2v) is 4.79. The molecule has 19 heavy (non-hydrogen) atoms. The Labute approximate surface area is 113 Å². The van der Waals surface area contributed by atoms with Gasteiger partial charge in [-0.15, -0.1) is 0 Å². The molecule has 0 bridgehead atoms. The normalized spacial score (nSPS) is 20.4. The van der Waals surface area contributed by atoms with Crippen LogP contribution in [0.1, 0.15) is 15.9 Å². The molecule has 0 amide bonds. The molecule has 1 saturated heterocycles. The van der Waals surface area contributed by atoms with Crippen molar-refractivity contribution in [2.24, 2.45) is 0 Å². The number of hydrogen-bond acceptors (Lipinski definition) is 4. The number of morpholine rings is 1. The Morgan fingerprint density at radius 2 is 2.21 bits per heavy atom. The summed E-state index contributed by atoms with van der Waals surface area (Å²) in [5, 5.41) is 12.0. The highest BCUT2D eigenvalue weighted by Gasteiger charge is 2.19.